The van der Waals surface area contributed by atoms with E-state index in [2.05, 4.69) is 24.1 Å². The van der Waals surface area contributed by atoms with Crippen molar-refractivity contribution < 1.29 is 9.53 Å². The van der Waals surface area contributed by atoms with Gasteiger partial charge in [0.2, 0.25) is 5.91 Å². The van der Waals surface area contributed by atoms with Crippen LogP contribution in [0.5, 0.6) is 0 Å². The van der Waals surface area contributed by atoms with Crippen LogP contribution in [-0.4, -0.2) is 56.2 Å². The molecule has 0 spiro atoms. The smallest absolute Gasteiger partial charge is 0.237 e. The quantitative estimate of drug-likeness (QED) is 0.683. The largest absolute Gasteiger partial charge is 0.385 e. The monoisotopic (exact) mass is 257 g/mol. The average molecular weight is 257 g/mol. The Labute approximate surface area is 110 Å². The fourth-order valence-corrected chi connectivity index (χ4v) is 2.25. The molecule has 1 rings (SSSR count). The maximum Gasteiger partial charge on any atom is 0.237 e. The molecule has 0 saturated carbocycles. The van der Waals surface area contributed by atoms with Gasteiger partial charge in [-0.3, -0.25) is 4.79 Å². The molecule has 3 N–H and O–H groups in total. The molecule has 0 aliphatic carbocycles. The van der Waals surface area contributed by atoms with E-state index in [1.165, 1.54) is 0 Å². The van der Waals surface area contributed by atoms with Crippen molar-refractivity contribution >= 4 is 5.91 Å². The first kappa shape index (κ1) is 15.4. The van der Waals surface area contributed by atoms with Gasteiger partial charge in [-0.2, -0.15) is 0 Å². The number of rotatable bonds is 7. The highest BCUT2D eigenvalue weighted by Gasteiger charge is 2.24. The Morgan fingerprint density at radius 1 is 1.56 bits per heavy atom. The van der Waals surface area contributed by atoms with Crippen LogP contribution in [-0.2, 0) is 9.53 Å². The Bertz CT molecular complexity index is 259. The Hall–Kier alpha value is -0.650. The van der Waals surface area contributed by atoms with E-state index in [-0.39, 0.29) is 5.91 Å². The molecule has 1 fully saturated rings. The van der Waals surface area contributed by atoms with E-state index < -0.39 is 6.04 Å². The highest BCUT2D eigenvalue weighted by Crippen LogP contribution is 2.17. The lowest BCUT2D eigenvalue weighted by Gasteiger charge is -2.20. The number of likely N-dealkylation sites (tertiary alicyclic amines) is 1. The Balaban J connectivity index is 2.19. The second kappa shape index (κ2) is 7.71. The molecule has 0 aromatic carbocycles. The summed E-state index contributed by atoms with van der Waals surface area (Å²) in [6.45, 7) is 7.89. The van der Waals surface area contributed by atoms with Crippen LogP contribution in [0.4, 0.5) is 0 Å². The second-order valence-corrected chi connectivity index (χ2v) is 5.38. The molecule has 0 aromatic rings. The predicted molar refractivity (Wildman–Crippen MR) is 72.3 cm³/mol. The van der Waals surface area contributed by atoms with Crippen molar-refractivity contribution in [3.63, 3.8) is 0 Å². The van der Waals surface area contributed by atoms with Crippen molar-refractivity contribution in [3.8, 4) is 0 Å². The van der Waals surface area contributed by atoms with Gasteiger partial charge in [-0.1, -0.05) is 0 Å². The molecule has 1 amide bonds. The molecule has 5 nitrogen and oxygen atoms in total. The van der Waals surface area contributed by atoms with Gasteiger partial charge in [-0.25, -0.2) is 0 Å². The number of carbonyl (C=O) groups is 1. The van der Waals surface area contributed by atoms with Gasteiger partial charge in [0.05, 0.1) is 6.04 Å². The minimum atomic E-state index is -0.451. The summed E-state index contributed by atoms with van der Waals surface area (Å²) in [5.41, 5.74) is 5.76. The molecule has 2 atom stereocenters. The van der Waals surface area contributed by atoms with Gasteiger partial charge in [0.1, 0.15) is 0 Å². The number of ether oxygens (including phenoxy) is 1. The first-order chi connectivity index (χ1) is 8.54. The minimum absolute atomic E-state index is 0.0601. The number of hydrogen-bond donors (Lipinski definition) is 2. The molecule has 0 bridgehead atoms. The van der Waals surface area contributed by atoms with Gasteiger partial charge in [0.25, 0.3) is 0 Å². The maximum atomic E-state index is 11.7. The van der Waals surface area contributed by atoms with Crippen LogP contribution in [0, 0.1) is 5.92 Å². The third-order valence-corrected chi connectivity index (χ3v) is 3.58. The summed E-state index contributed by atoms with van der Waals surface area (Å²) >= 11 is 0. The first-order valence-electron chi connectivity index (χ1n) is 6.80. The van der Waals surface area contributed by atoms with Gasteiger partial charge < -0.3 is 20.7 Å². The van der Waals surface area contributed by atoms with E-state index in [9.17, 15) is 4.79 Å². The maximum absolute atomic E-state index is 11.7. The summed E-state index contributed by atoms with van der Waals surface area (Å²) in [5, 5.41) is 2.95. The summed E-state index contributed by atoms with van der Waals surface area (Å²) in [6.07, 6.45) is 1.73. The van der Waals surface area contributed by atoms with Gasteiger partial charge >= 0.3 is 0 Å². The zero-order chi connectivity index (χ0) is 13.5. The van der Waals surface area contributed by atoms with E-state index in [4.69, 9.17) is 10.5 Å². The Morgan fingerprint density at radius 2 is 2.28 bits per heavy atom. The highest BCUT2D eigenvalue weighted by molar-refractivity contribution is 5.81. The van der Waals surface area contributed by atoms with Crippen molar-refractivity contribution in [1.29, 1.82) is 0 Å². The van der Waals surface area contributed by atoms with Crippen LogP contribution in [0.15, 0.2) is 0 Å². The van der Waals surface area contributed by atoms with E-state index in [1.807, 2.05) is 0 Å². The minimum Gasteiger partial charge on any atom is -0.385 e. The van der Waals surface area contributed by atoms with Gasteiger partial charge in [0, 0.05) is 32.8 Å². The van der Waals surface area contributed by atoms with Crippen molar-refractivity contribution in [2.24, 2.45) is 11.7 Å². The van der Waals surface area contributed by atoms with Crippen LogP contribution in [0.3, 0.4) is 0 Å². The fraction of sp³-hybridized carbons (Fsp3) is 0.923. The number of hydrogen-bond acceptors (Lipinski definition) is 4. The van der Waals surface area contributed by atoms with Crippen LogP contribution in [0.2, 0.25) is 0 Å². The Morgan fingerprint density at radius 3 is 2.83 bits per heavy atom. The number of nitrogens with zero attached hydrogens (tertiary/aromatic N) is 1. The van der Waals surface area contributed by atoms with Crippen molar-refractivity contribution in [3.05, 3.63) is 0 Å². The molecule has 2 unspecified atom stereocenters. The third kappa shape index (κ3) is 4.92. The molecule has 1 aliphatic rings. The number of carbonyl (C=O) groups excluding carboxylic acids is 1. The number of amides is 1. The lowest BCUT2D eigenvalue weighted by Crippen LogP contribution is -2.43. The standard InChI is InChI=1S/C13H27N3O2/c1-10(2)16-6-4-11(9-16)8-15-13(17)12(14)5-7-18-3/h10-12H,4-9,14H2,1-3H3,(H,15,17). The molecule has 18 heavy (non-hydrogen) atoms. The first-order valence-corrected chi connectivity index (χ1v) is 6.80. The number of nitrogens with two attached hydrogens (primary N) is 1. The summed E-state index contributed by atoms with van der Waals surface area (Å²) in [5.74, 6) is 0.501. The highest BCUT2D eigenvalue weighted by atomic mass is 16.5. The van der Waals surface area contributed by atoms with E-state index in [0.717, 1.165) is 26.1 Å². The summed E-state index contributed by atoms with van der Waals surface area (Å²) < 4.78 is 4.91. The van der Waals surface area contributed by atoms with Crippen molar-refractivity contribution in [1.82, 2.24) is 10.2 Å². The molecule has 0 radical (unpaired) electrons. The van der Waals surface area contributed by atoms with Crippen molar-refractivity contribution in [2.45, 2.75) is 38.8 Å². The van der Waals surface area contributed by atoms with E-state index in [0.29, 0.717) is 25.0 Å². The number of methoxy groups -OCH3 is 1. The molecule has 1 saturated heterocycles. The normalized spacial score (nSPS) is 22.4. The lowest BCUT2D eigenvalue weighted by molar-refractivity contribution is -0.122. The molecular weight excluding hydrogens is 230 g/mol. The summed E-state index contributed by atoms with van der Waals surface area (Å²) in [4.78, 5) is 14.2. The predicted octanol–water partition coefficient (Wildman–Crippen LogP) is 0.197. The molecule has 106 valence electrons. The van der Waals surface area contributed by atoms with Gasteiger partial charge in [-0.05, 0) is 39.2 Å². The second-order valence-electron chi connectivity index (χ2n) is 5.38. The topological polar surface area (TPSA) is 67.6 Å². The van der Waals surface area contributed by atoms with Crippen LogP contribution >= 0.6 is 0 Å². The molecular formula is C13H27N3O2. The van der Waals surface area contributed by atoms with Gasteiger partial charge in [0.15, 0.2) is 0 Å². The van der Waals surface area contributed by atoms with Crippen molar-refractivity contribution in [2.75, 3.05) is 33.4 Å². The fourth-order valence-electron chi connectivity index (χ4n) is 2.25. The third-order valence-electron chi connectivity index (χ3n) is 3.58. The molecule has 1 aliphatic heterocycles. The Kier molecular flexibility index (Phi) is 6.60. The van der Waals surface area contributed by atoms with Crippen LogP contribution in [0.25, 0.3) is 0 Å². The summed E-state index contributed by atoms with van der Waals surface area (Å²) in [7, 11) is 1.61. The van der Waals surface area contributed by atoms with Crippen LogP contribution in [0.1, 0.15) is 26.7 Å². The zero-order valence-corrected chi connectivity index (χ0v) is 11.8. The average Bonchev–Trinajstić information content (AvgIpc) is 2.81. The van der Waals surface area contributed by atoms with E-state index >= 15 is 0 Å². The van der Waals surface area contributed by atoms with Gasteiger partial charge in [-0.15, -0.1) is 0 Å². The zero-order valence-electron chi connectivity index (χ0n) is 11.8. The lowest BCUT2D eigenvalue weighted by atomic mass is 10.1. The number of nitrogens with one attached hydrogen (secondary N) is 1. The van der Waals surface area contributed by atoms with Crippen LogP contribution < -0.4 is 11.1 Å². The summed E-state index contributed by atoms with van der Waals surface area (Å²) in [6, 6.07) is 0.141. The SMILES string of the molecule is COCCC(N)C(=O)NCC1CCN(C(C)C)C1. The molecule has 1 heterocycles. The molecule has 0 aromatic heterocycles. The molecule has 5 heteroatoms. The van der Waals surface area contributed by atoms with E-state index in [1.54, 1.807) is 7.11 Å².